The number of hydrogen-bond donors (Lipinski definition) is 0. The summed E-state index contributed by atoms with van der Waals surface area (Å²) in [5, 5.41) is 0. The first-order valence-corrected chi connectivity index (χ1v) is 5.49. The summed E-state index contributed by atoms with van der Waals surface area (Å²) in [6, 6.07) is 0. The lowest BCUT2D eigenvalue weighted by molar-refractivity contribution is -0.143. The lowest BCUT2D eigenvalue weighted by Gasteiger charge is -2.05. The second-order valence-corrected chi connectivity index (χ2v) is 3.58. The van der Waals surface area contributed by atoms with Crippen LogP contribution in [0, 0.1) is 0 Å². The molecule has 0 aliphatic heterocycles. The number of unbranched alkanes of at least 4 members (excludes halogenated alkanes) is 2. The molecule has 0 N–H and O–H groups in total. The van der Waals surface area contributed by atoms with Crippen LogP contribution in [0.3, 0.4) is 0 Å². The second-order valence-electron chi connectivity index (χ2n) is 3.58. The van der Waals surface area contributed by atoms with Crippen LogP contribution in [0.2, 0.25) is 0 Å². The normalized spacial score (nSPS) is 12.4. The van der Waals surface area contributed by atoms with Crippen LogP contribution in [0.25, 0.3) is 0 Å². The number of hydrogen-bond acceptors (Lipinski definition) is 4. The molecule has 0 bridgehead atoms. The summed E-state index contributed by atoms with van der Waals surface area (Å²) in [6.07, 6.45) is 6.36. The summed E-state index contributed by atoms with van der Waals surface area (Å²) in [5.41, 5.74) is 0. The van der Waals surface area contributed by atoms with E-state index in [1.807, 2.05) is 19.1 Å². The van der Waals surface area contributed by atoms with Gasteiger partial charge in [0.1, 0.15) is 6.10 Å². The maximum atomic E-state index is 10.6. The van der Waals surface area contributed by atoms with Crippen LogP contribution in [0.5, 0.6) is 0 Å². The molecular weight excluding hydrogens is 208 g/mol. The van der Waals surface area contributed by atoms with Crippen LogP contribution in [-0.4, -0.2) is 24.6 Å². The van der Waals surface area contributed by atoms with E-state index in [2.05, 4.69) is 0 Å². The summed E-state index contributed by atoms with van der Waals surface area (Å²) >= 11 is 0. The second kappa shape index (κ2) is 8.95. The Kier molecular flexibility index (Phi) is 8.21. The summed E-state index contributed by atoms with van der Waals surface area (Å²) in [5.74, 6) is -0.508. The molecule has 0 saturated heterocycles. The van der Waals surface area contributed by atoms with Gasteiger partial charge in [-0.05, 0) is 32.3 Å². The molecule has 0 amide bonds. The number of carbonyl (C=O) groups is 2. The SMILES string of the molecule is CC(=O)OCCCC/C=C/C(C)OC(C)=O. The van der Waals surface area contributed by atoms with Gasteiger partial charge in [0.25, 0.3) is 0 Å². The summed E-state index contributed by atoms with van der Waals surface area (Å²) in [6.45, 7) is 5.09. The highest BCUT2D eigenvalue weighted by Gasteiger charge is 1.98. The minimum absolute atomic E-state index is 0.175. The van der Waals surface area contributed by atoms with E-state index < -0.39 is 0 Å². The zero-order valence-corrected chi connectivity index (χ0v) is 10.2. The molecule has 0 fully saturated rings. The molecule has 1 atom stereocenters. The fraction of sp³-hybridized carbons (Fsp3) is 0.667. The minimum Gasteiger partial charge on any atom is -0.466 e. The first-order valence-electron chi connectivity index (χ1n) is 5.49. The molecule has 16 heavy (non-hydrogen) atoms. The van der Waals surface area contributed by atoms with Gasteiger partial charge in [-0.3, -0.25) is 9.59 Å². The van der Waals surface area contributed by atoms with Crippen molar-refractivity contribution in [1.82, 2.24) is 0 Å². The van der Waals surface area contributed by atoms with Gasteiger partial charge in [0.15, 0.2) is 0 Å². The van der Waals surface area contributed by atoms with Gasteiger partial charge in [0.2, 0.25) is 0 Å². The van der Waals surface area contributed by atoms with Gasteiger partial charge in [-0.15, -0.1) is 0 Å². The first-order chi connectivity index (χ1) is 7.52. The molecule has 0 saturated carbocycles. The highest BCUT2D eigenvalue weighted by atomic mass is 16.5. The van der Waals surface area contributed by atoms with Crippen molar-refractivity contribution in [3.8, 4) is 0 Å². The Morgan fingerprint density at radius 3 is 2.44 bits per heavy atom. The monoisotopic (exact) mass is 228 g/mol. The third-order valence-electron chi connectivity index (χ3n) is 1.83. The molecule has 0 aromatic carbocycles. The Morgan fingerprint density at radius 1 is 1.19 bits per heavy atom. The number of esters is 2. The van der Waals surface area contributed by atoms with Gasteiger partial charge in [0, 0.05) is 13.8 Å². The van der Waals surface area contributed by atoms with E-state index in [0.717, 1.165) is 19.3 Å². The lowest BCUT2D eigenvalue weighted by Crippen LogP contribution is -2.08. The summed E-state index contributed by atoms with van der Waals surface area (Å²) in [7, 11) is 0. The predicted octanol–water partition coefficient (Wildman–Crippen LogP) is 2.23. The predicted molar refractivity (Wildman–Crippen MR) is 60.9 cm³/mol. The molecule has 0 aliphatic carbocycles. The number of ether oxygens (including phenoxy) is 2. The van der Waals surface area contributed by atoms with Crippen LogP contribution >= 0.6 is 0 Å². The van der Waals surface area contributed by atoms with Crippen LogP contribution in [0.15, 0.2) is 12.2 Å². The Bertz CT molecular complexity index is 245. The lowest BCUT2D eigenvalue weighted by atomic mass is 10.2. The van der Waals surface area contributed by atoms with Gasteiger partial charge in [-0.1, -0.05) is 6.08 Å². The van der Waals surface area contributed by atoms with E-state index >= 15 is 0 Å². The minimum atomic E-state index is -0.271. The molecule has 4 nitrogen and oxygen atoms in total. The first kappa shape index (κ1) is 14.7. The molecule has 4 heteroatoms. The van der Waals surface area contributed by atoms with E-state index in [-0.39, 0.29) is 18.0 Å². The Hall–Kier alpha value is -1.32. The van der Waals surface area contributed by atoms with Crippen molar-refractivity contribution in [3.63, 3.8) is 0 Å². The van der Waals surface area contributed by atoms with Crippen molar-refractivity contribution in [1.29, 1.82) is 0 Å². The largest absolute Gasteiger partial charge is 0.466 e. The van der Waals surface area contributed by atoms with Gasteiger partial charge < -0.3 is 9.47 Å². The van der Waals surface area contributed by atoms with Crippen molar-refractivity contribution >= 4 is 11.9 Å². The molecule has 1 unspecified atom stereocenters. The van der Waals surface area contributed by atoms with Crippen molar-refractivity contribution in [2.45, 2.75) is 46.1 Å². The fourth-order valence-electron chi connectivity index (χ4n) is 1.17. The Labute approximate surface area is 96.6 Å². The van der Waals surface area contributed by atoms with E-state index in [1.54, 1.807) is 0 Å². The molecule has 0 heterocycles. The van der Waals surface area contributed by atoms with E-state index in [0.29, 0.717) is 6.61 Å². The highest BCUT2D eigenvalue weighted by molar-refractivity contribution is 5.66. The maximum Gasteiger partial charge on any atom is 0.303 e. The Morgan fingerprint density at radius 2 is 1.88 bits per heavy atom. The van der Waals surface area contributed by atoms with Crippen molar-refractivity contribution < 1.29 is 19.1 Å². The average molecular weight is 228 g/mol. The molecule has 92 valence electrons. The van der Waals surface area contributed by atoms with Crippen LogP contribution in [0.1, 0.15) is 40.0 Å². The maximum absolute atomic E-state index is 10.6. The summed E-state index contributed by atoms with van der Waals surface area (Å²) < 4.78 is 9.70. The molecule has 0 spiro atoms. The average Bonchev–Trinajstić information content (AvgIpc) is 2.14. The quantitative estimate of drug-likeness (QED) is 0.381. The van der Waals surface area contributed by atoms with Crippen LogP contribution in [-0.2, 0) is 19.1 Å². The van der Waals surface area contributed by atoms with Crippen molar-refractivity contribution in [2.75, 3.05) is 6.61 Å². The van der Waals surface area contributed by atoms with E-state index in [1.165, 1.54) is 13.8 Å². The van der Waals surface area contributed by atoms with Gasteiger partial charge >= 0.3 is 11.9 Å². The third kappa shape index (κ3) is 10.8. The fourth-order valence-corrected chi connectivity index (χ4v) is 1.17. The van der Waals surface area contributed by atoms with Gasteiger partial charge in [-0.25, -0.2) is 0 Å². The number of allylic oxidation sites excluding steroid dienone is 1. The third-order valence-corrected chi connectivity index (χ3v) is 1.83. The smallest absolute Gasteiger partial charge is 0.303 e. The Balaban J connectivity index is 3.40. The number of carbonyl (C=O) groups excluding carboxylic acids is 2. The van der Waals surface area contributed by atoms with Crippen LogP contribution < -0.4 is 0 Å². The van der Waals surface area contributed by atoms with Crippen LogP contribution in [0.4, 0.5) is 0 Å². The van der Waals surface area contributed by atoms with Gasteiger partial charge in [-0.2, -0.15) is 0 Å². The highest BCUT2D eigenvalue weighted by Crippen LogP contribution is 2.00. The van der Waals surface area contributed by atoms with E-state index in [4.69, 9.17) is 9.47 Å². The molecular formula is C12H20O4. The molecule has 0 aliphatic rings. The van der Waals surface area contributed by atoms with E-state index in [9.17, 15) is 9.59 Å². The molecule has 0 radical (unpaired) electrons. The van der Waals surface area contributed by atoms with Crippen molar-refractivity contribution in [3.05, 3.63) is 12.2 Å². The zero-order valence-electron chi connectivity index (χ0n) is 10.2. The molecule has 0 rings (SSSR count). The number of rotatable bonds is 7. The topological polar surface area (TPSA) is 52.6 Å². The zero-order chi connectivity index (χ0) is 12.4. The standard InChI is InChI=1S/C12H20O4/c1-10(16-12(3)14)8-6-4-5-7-9-15-11(2)13/h6,8,10H,4-5,7,9H2,1-3H3/b8-6+. The van der Waals surface area contributed by atoms with Crippen molar-refractivity contribution in [2.24, 2.45) is 0 Å². The molecule has 0 aromatic rings. The molecule has 0 aromatic heterocycles. The summed E-state index contributed by atoms with van der Waals surface area (Å²) in [4.78, 5) is 21.0. The van der Waals surface area contributed by atoms with Gasteiger partial charge in [0.05, 0.1) is 6.61 Å².